The zero-order valence-electron chi connectivity index (χ0n) is 11.1. The smallest absolute Gasteiger partial charge is 0.258 e. The van der Waals surface area contributed by atoms with E-state index >= 15 is 0 Å². The van der Waals surface area contributed by atoms with Gasteiger partial charge in [-0.3, -0.25) is 9.59 Å². The van der Waals surface area contributed by atoms with Gasteiger partial charge in [0, 0.05) is 12.2 Å². The van der Waals surface area contributed by atoms with Crippen molar-refractivity contribution in [3.63, 3.8) is 0 Å². The monoisotopic (exact) mass is 270 g/mol. The third-order valence-electron chi connectivity index (χ3n) is 3.37. The maximum absolute atomic E-state index is 11.8. The van der Waals surface area contributed by atoms with Gasteiger partial charge in [0.1, 0.15) is 6.61 Å². The normalized spacial score (nSPS) is 21.4. The second kappa shape index (κ2) is 4.92. The molecule has 0 fully saturated rings. The van der Waals surface area contributed by atoms with Gasteiger partial charge in [-0.1, -0.05) is 19.1 Å². The van der Waals surface area contributed by atoms with E-state index in [4.69, 9.17) is 4.74 Å². The second-order valence-corrected chi connectivity index (χ2v) is 4.67. The SMILES string of the molecule is CC[C@@H]1COC(c2ccccc2N2C(=O)C=CC2=O)=N1. The second-order valence-electron chi connectivity index (χ2n) is 4.67. The number of anilines is 1. The molecule has 0 saturated carbocycles. The van der Waals surface area contributed by atoms with Crippen molar-refractivity contribution in [2.75, 3.05) is 11.5 Å². The van der Waals surface area contributed by atoms with E-state index in [0.29, 0.717) is 23.8 Å². The number of hydrogen-bond donors (Lipinski definition) is 0. The molecule has 1 aromatic carbocycles. The fourth-order valence-corrected chi connectivity index (χ4v) is 2.26. The fraction of sp³-hybridized carbons (Fsp3) is 0.267. The first-order valence-electron chi connectivity index (χ1n) is 6.57. The number of nitrogens with zero attached hydrogens (tertiary/aromatic N) is 2. The van der Waals surface area contributed by atoms with E-state index < -0.39 is 0 Å². The van der Waals surface area contributed by atoms with E-state index in [-0.39, 0.29) is 17.9 Å². The number of ether oxygens (including phenoxy) is 1. The Hall–Kier alpha value is -2.43. The third-order valence-corrected chi connectivity index (χ3v) is 3.37. The number of carbonyl (C=O) groups is 2. The molecule has 0 spiro atoms. The summed E-state index contributed by atoms with van der Waals surface area (Å²) in [6.45, 7) is 2.59. The Morgan fingerprint density at radius 2 is 1.95 bits per heavy atom. The van der Waals surface area contributed by atoms with E-state index in [1.54, 1.807) is 12.1 Å². The minimum atomic E-state index is -0.340. The molecule has 0 radical (unpaired) electrons. The molecular weight excluding hydrogens is 256 g/mol. The van der Waals surface area contributed by atoms with Gasteiger partial charge in [-0.05, 0) is 18.6 Å². The molecule has 0 aliphatic carbocycles. The van der Waals surface area contributed by atoms with Crippen molar-refractivity contribution in [3.05, 3.63) is 42.0 Å². The van der Waals surface area contributed by atoms with Crippen molar-refractivity contribution < 1.29 is 14.3 Å². The number of benzene rings is 1. The van der Waals surface area contributed by atoms with E-state index in [9.17, 15) is 9.59 Å². The summed E-state index contributed by atoms with van der Waals surface area (Å²) in [7, 11) is 0. The quantitative estimate of drug-likeness (QED) is 0.785. The molecule has 20 heavy (non-hydrogen) atoms. The Bertz CT molecular complexity index is 616. The van der Waals surface area contributed by atoms with Gasteiger partial charge in [-0.25, -0.2) is 9.89 Å². The van der Waals surface area contributed by atoms with E-state index in [0.717, 1.165) is 11.3 Å². The number of para-hydroxylation sites is 1. The molecular formula is C15H14N2O3. The average molecular weight is 270 g/mol. The summed E-state index contributed by atoms with van der Waals surface area (Å²) in [5.74, 6) is -0.180. The molecule has 1 aromatic rings. The molecule has 0 bridgehead atoms. The molecule has 3 rings (SSSR count). The van der Waals surface area contributed by atoms with E-state index in [1.807, 2.05) is 19.1 Å². The molecule has 5 heteroatoms. The first-order valence-corrected chi connectivity index (χ1v) is 6.57. The maximum Gasteiger partial charge on any atom is 0.258 e. The van der Waals surface area contributed by atoms with Crippen LogP contribution in [0.1, 0.15) is 18.9 Å². The molecule has 5 nitrogen and oxygen atoms in total. The van der Waals surface area contributed by atoms with Gasteiger partial charge in [0.25, 0.3) is 11.8 Å². The van der Waals surface area contributed by atoms with Crippen LogP contribution in [0.3, 0.4) is 0 Å². The molecule has 1 atom stereocenters. The fourth-order valence-electron chi connectivity index (χ4n) is 2.26. The van der Waals surface area contributed by atoms with Gasteiger partial charge in [-0.2, -0.15) is 0 Å². The first kappa shape index (κ1) is 12.6. The third kappa shape index (κ3) is 2.01. The minimum Gasteiger partial charge on any atom is -0.475 e. The summed E-state index contributed by atoms with van der Waals surface area (Å²) >= 11 is 0. The molecule has 2 heterocycles. The summed E-state index contributed by atoms with van der Waals surface area (Å²) in [4.78, 5) is 29.2. The first-order chi connectivity index (χ1) is 9.70. The van der Waals surface area contributed by atoms with Gasteiger partial charge in [0.05, 0.1) is 17.3 Å². The highest BCUT2D eigenvalue weighted by atomic mass is 16.5. The number of hydrogen-bond acceptors (Lipinski definition) is 4. The lowest BCUT2D eigenvalue weighted by Gasteiger charge is -2.17. The number of imide groups is 1. The largest absolute Gasteiger partial charge is 0.475 e. The van der Waals surface area contributed by atoms with Crippen molar-refractivity contribution >= 4 is 23.4 Å². The van der Waals surface area contributed by atoms with Crippen LogP contribution in [0.2, 0.25) is 0 Å². The topological polar surface area (TPSA) is 59.0 Å². The van der Waals surface area contributed by atoms with Crippen LogP contribution in [0.4, 0.5) is 5.69 Å². The summed E-state index contributed by atoms with van der Waals surface area (Å²) in [6.07, 6.45) is 3.44. The van der Waals surface area contributed by atoms with Crippen LogP contribution in [-0.4, -0.2) is 30.4 Å². The zero-order chi connectivity index (χ0) is 14.1. The molecule has 2 aliphatic heterocycles. The molecule has 0 saturated heterocycles. The summed E-state index contributed by atoms with van der Waals surface area (Å²) in [6, 6.07) is 7.29. The molecule has 102 valence electrons. The summed E-state index contributed by atoms with van der Waals surface area (Å²) < 4.78 is 5.59. The van der Waals surface area contributed by atoms with Crippen LogP contribution in [0, 0.1) is 0 Å². The van der Waals surface area contributed by atoms with E-state index in [1.165, 1.54) is 12.2 Å². The van der Waals surface area contributed by atoms with Crippen molar-refractivity contribution in [1.82, 2.24) is 0 Å². The van der Waals surface area contributed by atoms with Gasteiger partial charge >= 0.3 is 0 Å². The van der Waals surface area contributed by atoms with Crippen LogP contribution in [0.5, 0.6) is 0 Å². The van der Waals surface area contributed by atoms with Crippen LogP contribution >= 0.6 is 0 Å². The summed E-state index contributed by atoms with van der Waals surface area (Å²) in [5.41, 5.74) is 1.19. The predicted molar refractivity (Wildman–Crippen MR) is 74.6 cm³/mol. The number of carbonyl (C=O) groups excluding carboxylic acids is 2. The molecule has 0 aromatic heterocycles. The lowest BCUT2D eigenvalue weighted by Crippen LogP contribution is -2.31. The minimum absolute atomic E-state index is 0.140. The summed E-state index contributed by atoms with van der Waals surface area (Å²) in [5, 5.41) is 0. The van der Waals surface area contributed by atoms with Gasteiger partial charge in [-0.15, -0.1) is 0 Å². The average Bonchev–Trinajstić information content (AvgIpc) is 3.06. The van der Waals surface area contributed by atoms with Crippen molar-refractivity contribution in [2.45, 2.75) is 19.4 Å². The highest BCUT2D eigenvalue weighted by Gasteiger charge is 2.30. The van der Waals surface area contributed by atoms with Crippen molar-refractivity contribution in [3.8, 4) is 0 Å². The molecule has 0 unspecified atom stereocenters. The lowest BCUT2D eigenvalue weighted by atomic mass is 10.1. The zero-order valence-corrected chi connectivity index (χ0v) is 11.1. The molecule has 2 aliphatic rings. The number of rotatable bonds is 3. The van der Waals surface area contributed by atoms with Gasteiger partial charge in [0.2, 0.25) is 5.90 Å². The number of amides is 2. The van der Waals surface area contributed by atoms with Crippen molar-refractivity contribution in [1.29, 1.82) is 0 Å². The van der Waals surface area contributed by atoms with Gasteiger partial charge in [0.15, 0.2) is 0 Å². The van der Waals surface area contributed by atoms with Gasteiger partial charge < -0.3 is 4.74 Å². The predicted octanol–water partition coefficient (Wildman–Crippen LogP) is 1.67. The van der Waals surface area contributed by atoms with Crippen LogP contribution in [0.15, 0.2) is 41.4 Å². The van der Waals surface area contributed by atoms with Crippen LogP contribution in [-0.2, 0) is 14.3 Å². The molecule has 2 amide bonds. The Balaban J connectivity index is 2.02. The van der Waals surface area contributed by atoms with E-state index in [2.05, 4.69) is 4.99 Å². The Kier molecular flexibility index (Phi) is 3.10. The highest BCUT2D eigenvalue weighted by molar-refractivity contribution is 6.29. The Morgan fingerprint density at radius 3 is 2.60 bits per heavy atom. The lowest BCUT2D eigenvalue weighted by molar-refractivity contribution is -0.119. The highest BCUT2D eigenvalue weighted by Crippen LogP contribution is 2.26. The standard InChI is InChI=1S/C15H14N2O3/c1-2-10-9-20-15(16-10)11-5-3-4-6-12(11)17-13(18)7-8-14(17)19/h3-8,10H,2,9H2,1H3/t10-/m1/s1. The van der Waals surface area contributed by atoms with Crippen LogP contribution < -0.4 is 4.90 Å². The maximum atomic E-state index is 11.8. The Morgan fingerprint density at radius 1 is 1.25 bits per heavy atom. The molecule has 0 N–H and O–H groups in total. The Labute approximate surface area is 116 Å². The number of aliphatic imine (C=N–C) groups is 1. The van der Waals surface area contributed by atoms with Crippen LogP contribution in [0.25, 0.3) is 0 Å². The van der Waals surface area contributed by atoms with Crippen molar-refractivity contribution in [2.24, 2.45) is 4.99 Å².